The molecule has 1 unspecified atom stereocenters. The number of benzene rings is 1. The Morgan fingerprint density at radius 2 is 2.19 bits per heavy atom. The summed E-state index contributed by atoms with van der Waals surface area (Å²) in [7, 11) is 1.45. The summed E-state index contributed by atoms with van der Waals surface area (Å²) in [6.07, 6.45) is 3.75. The first-order chi connectivity index (χ1) is 10.1. The minimum Gasteiger partial charge on any atom is -0.494 e. The Bertz CT molecular complexity index is 535. The van der Waals surface area contributed by atoms with Gasteiger partial charge in [-0.05, 0) is 18.9 Å². The predicted molar refractivity (Wildman–Crippen MR) is 84.6 cm³/mol. The highest BCUT2D eigenvalue weighted by Crippen LogP contribution is 2.43. The molecule has 0 saturated heterocycles. The molecule has 2 rings (SSSR count). The van der Waals surface area contributed by atoms with Gasteiger partial charge in [0, 0.05) is 16.7 Å². The van der Waals surface area contributed by atoms with E-state index in [2.05, 4.69) is 12.2 Å². The van der Waals surface area contributed by atoms with Crippen molar-refractivity contribution in [1.29, 1.82) is 0 Å². The molecule has 1 atom stereocenters. The fraction of sp³-hybridized carbons (Fsp3) is 0.562. The van der Waals surface area contributed by atoms with E-state index >= 15 is 0 Å². The molecule has 1 aliphatic rings. The fourth-order valence-corrected chi connectivity index (χ4v) is 3.95. The maximum atomic E-state index is 13.8. The van der Waals surface area contributed by atoms with Crippen LogP contribution in [0, 0.1) is 11.2 Å². The fourth-order valence-electron chi connectivity index (χ4n) is 2.58. The molecule has 21 heavy (non-hydrogen) atoms. The van der Waals surface area contributed by atoms with Gasteiger partial charge in [-0.15, -0.1) is 11.8 Å². The monoisotopic (exact) mass is 311 g/mol. The number of amides is 1. The molecule has 5 heteroatoms. The third-order valence-corrected chi connectivity index (χ3v) is 5.52. The molecule has 1 aromatic rings. The molecule has 1 heterocycles. The zero-order valence-corrected chi connectivity index (χ0v) is 13.6. The summed E-state index contributed by atoms with van der Waals surface area (Å²) in [6.45, 7) is 4.17. The minimum absolute atomic E-state index is 0.00858. The van der Waals surface area contributed by atoms with E-state index in [9.17, 15) is 9.18 Å². The van der Waals surface area contributed by atoms with Crippen molar-refractivity contribution in [3.63, 3.8) is 0 Å². The van der Waals surface area contributed by atoms with Crippen molar-refractivity contribution in [1.82, 2.24) is 0 Å². The highest BCUT2D eigenvalue weighted by molar-refractivity contribution is 7.99. The first kappa shape index (κ1) is 16.1. The first-order valence-electron chi connectivity index (χ1n) is 7.38. The maximum absolute atomic E-state index is 13.8. The van der Waals surface area contributed by atoms with Crippen molar-refractivity contribution in [2.24, 2.45) is 5.41 Å². The van der Waals surface area contributed by atoms with Crippen LogP contribution in [0.15, 0.2) is 17.0 Å². The van der Waals surface area contributed by atoms with Crippen LogP contribution in [0.3, 0.4) is 0 Å². The molecule has 1 N–H and O–H groups in total. The van der Waals surface area contributed by atoms with Gasteiger partial charge >= 0.3 is 0 Å². The highest BCUT2D eigenvalue weighted by atomic mass is 32.2. The molecule has 1 aromatic carbocycles. The van der Waals surface area contributed by atoms with Crippen LogP contribution in [0.5, 0.6) is 5.75 Å². The van der Waals surface area contributed by atoms with Gasteiger partial charge in [-0.25, -0.2) is 4.39 Å². The van der Waals surface area contributed by atoms with Crippen molar-refractivity contribution in [2.45, 2.75) is 44.4 Å². The van der Waals surface area contributed by atoms with Crippen molar-refractivity contribution in [3.05, 3.63) is 17.9 Å². The summed E-state index contributed by atoms with van der Waals surface area (Å²) >= 11 is 1.60. The Morgan fingerprint density at radius 1 is 1.43 bits per heavy atom. The Labute approximate surface area is 129 Å². The number of hydrogen-bond acceptors (Lipinski definition) is 3. The highest BCUT2D eigenvalue weighted by Gasteiger charge is 2.38. The van der Waals surface area contributed by atoms with Gasteiger partial charge in [-0.2, -0.15) is 0 Å². The molecule has 3 nitrogen and oxygen atoms in total. The molecule has 0 bridgehead atoms. The van der Waals surface area contributed by atoms with Crippen molar-refractivity contribution >= 4 is 23.4 Å². The Kier molecular flexibility index (Phi) is 5.14. The molecular formula is C16H22FNO2S. The first-order valence-corrected chi connectivity index (χ1v) is 8.36. The van der Waals surface area contributed by atoms with Gasteiger partial charge in [0.05, 0.1) is 18.2 Å². The third kappa shape index (κ3) is 3.18. The molecule has 0 fully saturated rings. The summed E-state index contributed by atoms with van der Waals surface area (Å²) in [5.41, 5.74) is 0.179. The van der Waals surface area contributed by atoms with Crippen LogP contribution in [0.2, 0.25) is 0 Å². The lowest BCUT2D eigenvalue weighted by molar-refractivity contribution is -0.125. The van der Waals surface area contributed by atoms with E-state index in [0.717, 1.165) is 36.3 Å². The summed E-state index contributed by atoms with van der Waals surface area (Å²) in [4.78, 5) is 13.5. The standard InChI is InChI=1S/C16H22FNO2S/c1-4-6-7-16(5-2)10-21-14-9-13(20-3)11(17)8-12(14)18-15(16)19/h8-9H,4-7,10H2,1-3H3,(H,18,19). The van der Waals surface area contributed by atoms with Crippen LogP contribution < -0.4 is 10.1 Å². The number of carbonyl (C=O) groups excluding carboxylic acids is 1. The van der Waals surface area contributed by atoms with E-state index in [-0.39, 0.29) is 17.1 Å². The van der Waals surface area contributed by atoms with Crippen LogP contribution in [0.1, 0.15) is 39.5 Å². The van der Waals surface area contributed by atoms with Gasteiger partial charge in [0.2, 0.25) is 5.91 Å². The second kappa shape index (κ2) is 6.69. The SMILES string of the molecule is CCCCC1(CC)CSc2cc(OC)c(F)cc2NC1=O. The number of thioether (sulfide) groups is 1. The van der Waals surface area contributed by atoms with Gasteiger partial charge in [0.1, 0.15) is 0 Å². The summed E-state index contributed by atoms with van der Waals surface area (Å²) in [5.74, 6) is 0.494. The second-order valence-electron chi connectivity index (χ2n) is 5.46. The second-order valence-corrected chi connectivity index (χ2v) is 6.48. The van der Waals surface area contributed by atoms with E-state index in [0.29, 0.717) is 5.69 Å². The lowest BCUT2D eigenvalue weighted by Gasteiger charge is -2.28. The molecule has 116 valence electrons. The quantitative estimate of drug-likeness (QED) is 0.872. The van der Waals surface area contributed by atoms with Gasteiger partial charge in [0.15, 0.2) is 11.6 Å². The zero-order chi connectivity index (χ0) is 15.5. The number of methoxy groups -OCH3 is 1. The predicted octanol–water partition coefficient (Wildman–Crippen LogP) is 4.47. The molecule has 0 aromatic heterocycles. The topological polar surface area (TPSA) is 38.3 Å². The number of fused-ring (bicyclic) bond motifs is 1. The lowest BCUT2D eigenvalue weighted by atomic mass is 9.81. The lowest BCUT2D eigenvalue weighted by Crippen LogP contribution is -2.37. The molecule has 0 radical (unpaired) electrons. The Hall–Kier alpha value is -1.23. The van der Waals surface area contributed by atoms with Crippen LogP contribution in [-0.4, -0.2) is 18.8 Å². The Morgan fingerprint density at radius 3 is 2.81 bits per heavy atom. The number of rotatable bonds is 5. The third-order valence-electron chi connectivity index (χ3n) is 4.17. The Balaban J connectivity index is 2.32. The number of carbonyl (C=O) groups is 1. The van der Waals surface area contributed by atoms with Crippen molar-refractivity contribution in [2.75, 3.05) is 18.2 Å². The van der Waals surface area contributed by atoms with Crippen LogP contribution in [0.4, 0.5) is 10.1 Å². The van der Waals surface area contributed by atoms with Crippen LogP contribution >= 0.6 is 11.8 Å². The van der Waals surface area contributed by atoms with E-state index in [1.807, 2.05) is 6.92 Å². The molecule has 0 aliphatic carbocycles. The minimum atomic E-state index is -0.449. The molecule has 1 amide bonds. The number of ether oxygens (including phenoxy) is 1. The van der Waals surface area contributed by atoms with Gasteiger partial charge in [-0.1, -0.05) is 26.7 Å². The number of hydrogen-bond donors (Lipinski definition) is 1. The van der Waals surface area contributed by atoms with E-state index in [1.165, 1.54) is 13.2 Å². The maximum Gasteiger partial charge on any atom is 0.231 e. The van der Waals surface area contributed by atoms with Crippen molar-refractivity contribution < 1.29 is 13.9 Å². The summed E-state index contributed by atoms with van der Waals surface area (Å²) in [6, 6.07) is 3.02. The van der Waals surface area contributed by atoms with Crippen LogP contribution in [0.25, 0.3) is 0 Å². The van der Waals surface area contributed by atoms with Crippen LogP contribution in [-0.2, 0) is 4.79 Å². The number of nitrogens with one attached hydrogen (secondary N) is 1. The van der Waals surface area contributed by atoms with Gasteiger partial charge in [-0.3, -0.25) is 4.79 Å². The molecule has 1 aliphatic heterocycles. The zero-order valence-electron chi connectivity index (χ0n) is 12.8. The summed E-state index contributed by atoms with van der Waals surface area (Å²) < 4.78 is 18.9. The normalized spacial score (nSPS) is 21.4. The van der Waals surface area contributed by atoms with Crippen molar-refractivity contribution in [3.8, 4) is 5.75 Å². The number of anilines is 1. The van der Waals surface area contributed by atoms with E-state index in [1.54, 1.807) is 17.8 Å². The van der Waals surface area contributed by atoms with Gasteiger partial charge < -0.3 is 10.1 Å². The number of halogens is 1. The largest absolute Gasteiger partial charge is 0.494 e. The molecule has 0 spiro atoms. The average Bonchev–Trinajstić information content (AvgIpc) is 2.61. The number of unbranched alkanes of at least 4 members (excludes halogenated alkanes) is 1. The van der Waals surface area contributed by atoms with E-state index < -0.39 is 5.82 Å². The summed E-state index contributed by atoms with van der Waals surface area (Å²) in [5, 5.41) is 2.91. The molecule has 0 saturated carbocycles. The van der Waals surface area contributed by atoms with E-state index in [4.69, 9.17) is 4.74 Å². The van der Waals surface area contributed by atoms with Gasteiger partial charge in [0.25, 0.3) is 0 Å². The smallest absolute Gasteiger partial charge is 0.231 e. The average molecular weight is 311 g/mol. The molecular weight excluding hydrogens is 289 g/mol.